The second-order valence-electron chi connectivity index (χ2n) is 4.95. The summed E-state index contributed by atoms with van der Waals surface area (Å²) in [4.78, 5) is 34.6. The molecular formula is C17H17N3O5. The number of amides is 2. The van der Waals surface area contributed by atoms with E-state index in [1.165, 1.54) is 49.5 Å². The van der Waals surface area contributed by atoms with Gasteiger partial charge in [-0.3, -0.25) is 19.7 Å². The van der Waals surface area contributed by atoms with Gasteiger partial charge < -0.3 is 15.4 Å². The number of nitrogens with zero attached hydrogens (tertiary/aromatic N) is 1. The Bertz CT molecular complexity index is 802. The van der Waals surface area contributed by atoms with Crippen molar-refractivity contribution >= 4 is 23.2 Å². The van der Waals surface area contributed by atoms with Crippen LogP contribution in [0.4, 0.5) is 11.4 Å². The van der Waals surface area contributed by atoms with Crippen LogP contribution in [0.25, 0.3) is 0 Å². The minimum absolute atomic E-state index is 0.135. The molecule has 25 heavy (non-hydrogen) atoms. The summed E-state index contributed by atoms with van der Waals surface area (Å²) < 4.78 is 5.33. The Labute approximate surface area is 144 Å². The number of nitro groups is 1. The number of rotatable bonds is 6. The molecule has 2 rings (SSSR count). The van der Waals surface area contributed by atoms with E-state index in [2.05, 4.69) is 10.6 Å². The van der Waals surface area contributed by atoms with Gasteiger partial charge in [0, 0.05) is 24.4 Å². The number of hydrogen-bond donors (Lipinski definition) is 2. The van der Waals surface area contributed by atoms with Gasteiger partial charge in [0.1, 0.15) is 5.75 Å². The molecule has 0 fully saturated rings. The summed E-state index contributed by atoms with van der Waals surface area (Å²) in [5.74, 6) is -0.783. The number of carbonyl (C=O) groups excluding carboxylic acids is 2. The molecule has 0 spiro atoms. The summed E-state index contributed by atoms with van der Waals surface area (Å²) in [6.45, 7) is 1.99. The summed E-state index contributed by atoms with van der Waals surface area (Å²) in [6.07, 6.45) is 0. The van der Waals surface area contributed by atoms with Crippen LogP contribution in [0, 0.1) is 10.1 Å². The zero-order chi connectivity index (χ0) is 18.4. The Kier molecular flexibility index (Phi) is 5.67. The Morgan fingerprint density at radius 2 is 1.80 bits per heavy atom. The number of carbonyl (C=O) groups is 2. The highest BCUT2D eigenvalue weighted by Crippen LogP contribution is 2.29. The number of benzene rings is 2. The minimum atomic E-state index is -0.663. The average Bonchev–Trinajstić information content (AvgIpc) is 2.61. The van der Waals surface area contributed by atoms with E-state index in [1.807, 2.05) is 0 Å². The van der Waals surface area contributed by atoms with Crippen LogP contribution >= 0.6 is 0 Å². The SMILES string of the molecule is CCOc1cccc([N+](=O)[O-])c1C(=O)Nc1ccc(C(=O)NC)cc1. The lowest BCUT2D eigenvalue weighted by Crippen LogP contribution is -2.18. The first-order valence-electron chi connectivity index (χ1n) is 7.51. The third-order valence-corrected chi connectivity index (χ3v) is 3.36. The summed E-state index contributed by atoms with van der Waals surface area (Å²) >= 11 is 0. The Morgan fingerprint density at radius 3 is 2.36 bits per heavy atom. The molecule has 2 amide bonds. The van der Waals surface area contributed by atoms with Gasteiger partial charge in [-0.05, 0) is 37.3 Å². The molecule has 0 bridgehead atoms. The maximum Gasteiger partial charge on any atom is 0.285 e. The molecule has 0 aromatic heterocycles. The Morgan fingerprint density at radius 1 is 1.12 bits per heavy atom. The molecule has 0 saturated heterocycles. The van der Waals surface area contributed by atoms with E-state index in [4.69, 9.17) is 4.74 Å². The van der Waals surface area contributed by atoms with Gasteiger partial charge in [0.15, 0.2) is 5.56 Å². The highest BCUT2D eigenvalue weighted by molar-refractivity contribution is 6.09. The van der Waals surface area contributed by atoms with Gasteiger partial charge in [-0.2, -0.15) is 0 Å². The largest absolute Gasteiger partial charge is 0.493 e. The van der Waals surface area contributed by atoms with Crippen molar-refractivity contribution in [2.75, 3.05) is 19.0 Å². The van der Waals surface area contributed by atoms with Gasteiger partial charge in [0.05, 0.1) is 11.5 Å². The molecule has 0 aliphatic rings. The first-order chi connectivity index (χ1) is 12.0. The van der Waals surface area contributed by atoms with E-state index in [0.717, 1.165) is 0 Å². The molecule has 2 aromatic carbocycles. The molecule has 8 heteroatoms. The molecule has 2 N–H and O–H groups in total. The monoisotopic (exact) mass is 343 g/mol. The van der Waals surface area contributed by atoms with Crippen molar-refractivity contribution in [3.63, 3.8) is 0 Å². The van der Waals surface area contributed by atoms with Gasteiger partial charge in [0.2, 0.25) is 0 Å². The van der Waals surface area contributed by atoms with Crippen molar-refractivity contribution in [1.29, 1.82) is 0 Å². The van der Waals surface area contributed by atoms with Crippen LogP contribution in [0.1, 0.15) is 27.6 Å². The number of nitro benzene ring substituents is 1. The van der Waals surface area contributed by atoms with Gasteiger partial charge in [-0.1, -0.05) is 6.07 Å². The second kappa shape index (κ2) is 7.91. The summed E-state index contributed by atoms with van der Waals surface area (Å²) in [5.41, 5.74) is 0.342. The second-order valence-corrected chi connectivity index (χ2v) is 4.95. The molecule has 0 radical (unpaired) electrons. The standard InChI is InChI=1S/C17H17N3O5/c1-3-25-14-6-4-5-13(20(23)24)15(14)17(22)19-12-9-7-11(8-10-12)16(21)18-2/h4-10H,3H2,1-2H3,(H,18,21)(H,19,22). The van der Waals surface area contributed by atoms with Gasteiger partial charge >= 0.3 is 0 Å². The number of ether oxygens (including phenoxy) is 1. The molecule has 0 unspecified atom stereocenters. The normalized spacial score (nSPS) is 10.0. The van der Waals surface area contributed by atoms with Crippen LogP contribution in [0.15, 0.2) is 42.5 Å². The van der Waals surface area contributed by atoms with Crippen LogP contribution in [-0.4, -0.2) is 30.4 Å². The van der Waals surface area contributed by atoms with Crippen molar-refractivity contribution < 1.29 is 19.2 Å². The van der Waals surface area contributed by atoms with E-state index in [1.54, 1.807) is 6.92 Å². The molecule has 8 nitrogen and oxygen atoms in total. The van der Waals surface area contributed by atoms with Crippen molar-refractivity contribution in [3.8, 4) is 5.75 Å². The van der Waals surface area contributed by atoms with E-state index in [-0.39, 0.29) is 29.5 Å². The Balaban J connectivity index is 2.31. The average molecular weight is 343 g/mol. The van der Waals surface area contributed by atoms with Crippen molar-refractivity contribution in [2.45, 2.75) is 6.92 Å². The van der Waals surface area contributed by atoms with Crippen molar-refractivity contribution in [2.24, 2.45) is 0 Å². The molecule has 0 aliphatic heterocycles. The lowest BCUT2D eigenvalue weighted by Gasteiger charge is -2.11. The molecule has 2 aromatic rings. The van der Waals surface area contributed by atoms with Crippen LogP contribution in [0.3, 0.4) is 0 Å². The van der Waals surface area contributed by atoms with Crippen LogP contribution in [-0.2, 0) is 0 Å². The number of nitrogens with one attached hydrogen (secondary N) is 2. The summed E-state index contributed by atoms with van der Waals surface area (Å²) in [5, 5.41) is 16.3. The summed E-state index contributed by atoms with van der Waals surface area (Å²) in [6, 6.07) is 10.4. The maximum absolute atomic E-state index is 12.5. The Hall–Kier alpha value is -3.42. The van der Waals surface area contributed by atoms with Gasteiger partial charge in [0.25, 0.3) is 17.5 Å². The zero-order valence-electron chi connectivity index (χ0n) is 13.7. The highest BCUT2D eigenvalue weighted by atomic mass is 16.6. The first kappa shape index (κ1) is 17.9. The molecule has 130 valence electrons. The number of anilines is 1. The first-order valence-corrected chi connectivity index (χ1v) is 7.51. The van der Waals surface area contributed by atoms with E-state index >= 15 is 0 Å². The third-order valence-electron chi connectivity index (χ3n) is 3.36. The van der Waals surface area contributed by atoms with Gasteiger partial charge in [-0.25, -0.2) is 0 Å². The molecule has 0 saturated carbocycles. The van der Waals surface area contributed by atoms with Crippen molar-refractivity contribution in [1.82, 2.24) is 5.32 Å². The minimum Gasteiger partial charge on any atom is -0.493 e. The van der Waals surface area contributed by atoms with E-state index < -0.39 is 10.8 Å². The quantitative estimate of drug-likeness (QED) is 0.619. The van der Waals surface area contributed by atoms with Crippen LogP contribution in [0.5, 0.6) is 5.75 Å². The molecule has 0 atom stereocenters. The highest BCUT2D eigenvalue weighted by Gasteiger charge is 2.25. The van der Waals surface area contributed by atoms with Gasteiger partial charge in [-0.15, -0.1) is 0 Å². The molecule has 0 aliphatic carbocycles. The topological polar surface area (TPSA) is 111 Å². The predicted molar refractivity (Wildman–Crippen MR) is 92.1 cm³/mol. The van der Waals surface area contributed by atoms with E-state index in [0.29, 0.717) is 11.3 Å². The lowest BCUT2D eigenvalue weighted by atomic mass is 10.1. The third kappa shape index (κ3) is 4.11. The fourth-order valence-corrected chi connectivity index (χ4v) is 2.22. The zero-order valence-corrected chi connectivity index (χ0v) is 13.7. The molecular weight excluding hydrogens is 326 g/mol. The van der Waals surface area contributed by atoms with Crippen LogP contribution in [0.2, 0.25) is 0 Å². The lowest BCUT2D eigenvalue weighted by molar-refractivity contribution is -0.385. The summed E-state index contributed by atoms with van der Waals surface area (Å²) in [7, 11) is 1.52. The van der Waals surface area contributed by atoms with Crippen molar-refractivity contribution in [3.05, 3.63) is 63.7 Å². The van der Waals surface area contributed by atoms with E-state index in [9.17, 15) is 19.7 Å². The fourth-order valence-electron chi connectivity index (χ4n) is 2.22. The predicted octanol–water partition coefficient (Wildman–Crippen LogP) is 2.61. The number of hydrogen-bond acceptors (Lipinski definition) is 5. The molecule has 0 heterocycles. The maximum atomic E-state index is 12.5. The fraction of sp³-hybridized carbons (Fsp3) is 0.176. The van der Waals surface area contributed by atoms with Crippen LogP contribution < -0.4 is 15.4 Å². The smallest absolute Gasteiger partial charge is 0.285 e.